The lowest BCUT2D eigenvalue weighted by Gasteiger charge is -2.15. The molecular weight excluding hydrogens is 341 g/mol. The first-order chi connectivity index (χ1) is 12.1. The molecule has 0 saturated carbocycles. The third kappa shape index (κ3) is 3.60. The van der Waals surface area contributed by atoms with Gasteiger partial charge in [-0.15, -0.1) is 11.3 Å². The van der Waals surface area contributed by atoms with E-state index in [1.165, 1.54) is 24.8 Å². The van der Waals surface area contributed by atoms with Gasteiger partial charge in [0.25, 0.3) is 0 Å². The van der Waals surface area contributed by atoms with Gasteiger partial charge in [0.15, 0.2) is 11.5 Å². The first kappa shape index (κ1) is 17.3. The number of fused-ring (bicyclic) bond motifs is 1. The molecule has 0 saturated heterocycles. The van der Waals surface area contributed by atoms with E-state index in [0.29, 0.717) is 29.2 Å². The van der Waals surface area contributed by atoms with Crippen LogP contribution < -0.4 is 15.2 Å². The summed E-state index contributed by atoms with van der Waals surface area (Å²) in [5.74, 6) is 1.08. The normalized spacial score (nSPS) is 11.2. The summed E-state index contributed by atoms with van der Waals surface area (Å²) in [5, 5.41) is 24.9. The molecule has 0 aliphatic heterocycles. The monoisotopic (exact) mass is 357 g/mol. The third-order valence-corrected chi connectivity index (χ3v) is 4.35. The maximum absolute atomic E-state index is 9.33. The zero-order valence-corrected chi connectivity index (χ0v) is 14.5. The highest BCUT2D eigenvalue weighted by Crippen LogP contribution is 2.26. The number of methoxy groups -OCH3 is 1. The Bertz CT molecular complexity index is 902. The molecule has 1 aromatic carbocycles. The summed E-state index contributed by atoms with van der Waals surface area (Å²) in [7, 11) is -0.115. The van der Waals surface area contributed by atoms with Crippen LogP contribution in [0.4, 0.5) is 5.82 Å². The summed E-state index contributed by atoms with van der Waals surface area (Å²) in [4.78, 5) is 12.6. The standard InChI is InChI=1S/C15H16BN5O3S/c1-3-21(15-13-14(17-8-18-15)19-9-25-13)20-7-10-4-5-11(16(22)23)12(6-10)24-2/h4-9,22-23H,3H2,1-2H3/b20-7+. The molecule has 0 radical (unpaired) electrons. The highest BCUT2D eigenvalue weighted by molar-refractivity contribution is 7.17. The second-order valence-electron chi connectivity index (χ2n) is 5.04. The Morgan fingerprint density at radius 2 is 2.16 bits per heavy atom. The Kier molecular flexibility index (Phi) is 5.22. The van der Waals surface area contributed by atoms with Crippen LogP contribution in [0.5, 0.6) is 5.75 Å². The fraction of sp³-hybridized carbons (Fsp3) is 0.200. The average molecular weight is 357 g/mol. The van der Waals surface area contributed by atoms with Crippen molar-refractivity contribution in [2.75, 3.05) is 18.7 Å². The van der Waals surface area contributed by atoms with Crippen LogP contribution in [0, 0.1) is 0 Å². The van der Waals surface area contributed by atoms with Crippen molar-refractivity contribution in [2.24, 2.45) is 5.10 Å². The van der Waals surface area contributed by atoms with Crippen molar-refractivity contribution in [1.82, 2.24) is 15.0 Å². The van der Waals surface area contributed by atoms with Crippen LogP contribution in [0.2, 0.25) is 0 Å². The average Bonchev–Trinajstić information content (AvgIpc) is 3.11. The van der Waals surface area contributed by atoms with E-state index in [2.05, 4.69) is 20.1 Å². The van der Waals surface area contributed by atoms with E-state index in [-0.39, 0.29) is 0 Å². The van der Waals surface area contributed by atoms with E-state index >= 15 is 0 Å². The highest BCUT2D eigenvalue weighted by Gasteiger charge is 2.17. The zero-order chi connectivity index (χ0) is 17.8. The fourth-order valence-corrected chi connectivity index (χ4v) is 3.04. The molecule has 2 heterocycles. The Morgan fingerprint density at radius 1 is 1.32 bits per heavy atom. The van der Waals surface area contributed by atoms with Gasteiger partial charge in [0.05, 0.1) is 18.8 Å². The smallest absolute Gasteiger partial charge is 0.492 e. The first-order valence-electron chi connectivity index (χ1n) is 7.53. The minimum atomic E-state index is -1.59. The Balaban J connectivity index is 1.90. The molecule has 3 rings (SSSR count). The van der Waals surface area contributed by atoms with Crippen LogP contribution in [0.3, 0.4) is 0 Å². The summed E-state index contributed by atoms with van der Waals surface area (Å²) in [6, 6.07) is 5.01. The van der Waals surface area contributed by atoms with Crippen LogP contribution in [0.1, 0.15) is 12.5 Å². The summed E-state index contributed by atoms with van der Waals surface area (Å²) in [5.41, 5.74) is 3.43. The lowest BCUT2D eigenvalue weighted by atomic mass is 9.79. The van der Waals surface area contributed by atoms with Gasteiger partial charge in [0.2, 0.25) is 0 Å². The van der Waals surface area contributed by atoms with Crippen molar-refractivity contribution in [2.45, 2.75) is 6.92 Å². The number of nitrogens with zero attached hydrogens (tertiary/aromatic N) is 5. The van der Waals surface area contributed by atoms with Gasteiger partial charge in [-0.05, 0) is 18.6 Å². The van der Waals surface area contributed by atoms with Crippen molar-refractivity contribution in [3.63, 3.8) is 0 Å². The van der Waals surface area contributed by atoms with Gasteiger partial charge >= 0.3 is 7.12 Å². The molecule has 0 atom stereocenters. The molecule has 0 spiro atoms. The van der Waals surface area contributed by atoms with E-state index in [1.807, 2.05) is 6.92 Å². The summed E-state index contributed by atoms with van der Waals surface area (Å²) < 4.78 is 6.06. The van der Waals surface area contributed by atoms with Crippen LogP contribution in [-0.2, 0) is 0 Å². The van der Waals surface area contributed by atoms with Gasteiger partial charge in [-0.25, -0.2) is 20.0 Å². The zero-order valence-electron chi connectivity index (χ0n) is 13.7. The molecule has 2 aromatic heterocycles. The number of aromatic nitrogens is 3. The highest BCUT2D eigenvalue weighted by atomic mass is 32.1. The lowest BCUT2D eigenvalue weighted by molar-refractivity contribution is 0.403. The van der Waals surface area contributed by atoms with Gasteiger partial charge in [0, 0.05) is 12.0 Å². The van der Waals surface area contributed by atoms with Gasteiger partial charge in [-0.2, -0.15) is 5.10 Å². The molecular formula is C15H16BN5O3S. The molecule has 0 amide bonds. The predicted molar refractivity (Wildman–Crippen MR) is 98.6 cm³/mol. The predicted octanol–water partition coefficient (Wildman–Crippen LogP) is 0.635. The number of anilines is 1. The second-order valence-corrected chi connectivity index (χ2v) is 5.89. The van der Waals surface area contributed by atoms with Crippen LogP contribution >= 0.6 is 11.3 Å². The summed E-state index contributed by atoms with van der Waals surface area (Å²) >= 11 is 1.46. The molecule has 3 aromatic rings. The molecule has 2 N–H and O–H groups in total. The molecule has 0 aliphatic carbocycles. The van der Waals surface area contributed by atoms with Crippen LogP contribution in [0.25, 0.3) is 10.3 Å². The molecule has 128 valence electrons. The summed E-state index contributed by atoms with van der Waals surface area (Å²) in [6.45, 7) is 2.59. The third-order valence-electron chi connectivity index (χ3n) is 3.54. The maximum Gasteiger partial charge on any atom is 0.492 e. The maximum atomic E-state index is 9.33. The molecule has 0 aliphatic rings. The molecule has 0 fully saturated rings. The molecule has 8 nitrogen and oxygen atoms in total. The largest absolute Gasteiger partial charge is 0.497 e. The number of ether oxygens (including phenoxy) is 1. The number of hydrogen-bond acceptors (Lipinski definition) is 9. The number of rotatable bonds is 6. The van der Waals surface area contributed by atoms with Gasteiger partial charge < -0.3 is 14.8 Å². The van der Waals surface area contributed by atoms with Gasteiger partial charge in [0.1, 0.15) is 16.8 Å². The van der Waals surface area contributed by atoms with Crippen molar-refractivity contribution in [1.29, 1.82) is 0 Å². The van der Waals surface area contributed by atoms with Crippen molar-refractivity contribution >= 4 is 46.3 Å². The second kappa shape index (κ2) is 7.56. The summed E-state index contributed by atoms with van der Waals surface area (Å²) in [6.07, 6.45) is 3.13. The van der Waals surface area contributed by atoms with Gasteiger partial charge in [-0.1, -0.05) is 12.1 Å². The Morgan fingerprint density at radius 3 is 2.88 bits per heavy atom. The van der Waals surface area contributed by atoms with E-state index in [0.717, 1.165) is 10.3 Å². The van der Waals surface area contributed by atoms with E-state index in [4.69, 9.17) is 4.74 Å². The van der Waals surface area contributed by atoms with Crippen molar-refractivity contribution < 1.29 is 14.8 Å². The van der Waals surface area contributed by atoms with Crippen molar-refractivity contribution in [3.05, 3.63) is 35.6 Å². The van der Waals surface area contributed by atoms with Crippen LogP contribution in [0.15, 0.2) is 35.1 Å². The van der Waals surface area contributed by atoms with E-state index in [1.54, 1.807) is 34.9 Å². The lowest BCUT2D eigenvalue weighted by Crippen LogP contribution is -2.31. The minimum Gasteiger partial charge on any atom is -0.497 e. The molecule has 0 unspecified atom stereocenters. The number of hydrazone groups is 1. The Labute approximate surface area is 148 Å². The molecule has 25 heavy (non-hydrogen) atoms. The van der Waals surface area contributed by atoms with E-state index in [9.17, 15) is 10.0 Å². The first-order valence-corrected chi connectivity index (χ1v) is 8.41. The fourth-order valence-electron chi connectivity index (χ4n) is 2.31. The quantitative estimate of drug-likeness (QED) is 0.379. The van der Waals surface area contributed by atoms with Gasteiger partial charge in [-0.3, -0.25) is 0 Å². The number of hydrogen-bond donors (Lipinski definition) is 2. The topological polar surface area (TPSA) is 104 Å². The van der Waals surface area contributed by atoms with Crippen molar-refractivity contribution in [3.8, 4) is 5.75 Å². The SMILES string of the molecule is CCN(/N=C/c1ccc(B(O)O)c(OC)c1)c1ncnc2ncsc12. The number of benzene rings is 1. The molecule has 0 bridgehead atoms. The molecule has 10 heteroatoms. The van der Waals surface area contributed by atoms with E-state index < -0.39 is 7.12 Å². The minimum absolute atomic E-state index is 0.300. The number of thiazole rings is 1. The Hall–Kier alpha value is -2.56. The van der Waals surface area contributed by atoms with Crippen LogP contribution in [-0.4, -0.2) is 52.0 Å².